The van der Waals surface area contributed by atoms with Crippen LogP contribution in [0.4, 0.5) is 11.4 Å². The first-order valence-electron chi connectivity index (χ1n) is 10.4. The average molecular weight is 458 g/mol. The van der Waals surface area contributed by atoms with Gasteiger partial charge in [-0.2, -0.15) is 18.9 Å². The molecule has 1 fully saturated rings. The van der Waals surface area contributed by atoms with E-state index < -0.39 is 10.2 Å². The fourth-order valence-electron chi connectivity index (χ4n) is 3.87. The SMILES string of the molecule is CN1c2cc(-c3cc(Oc4ccnc(C#N)c4)ccc3C#N)ccc2N(CC2CC2)S1(=O)=O. The fourth-order valence-corrected chi connectivity index (χ4v) is 5.37. The molecule has 0 saturated heterocycles. The summed E-state index contributed by atoms with van der Waals surface area (Å²) in [5.74, 6) is 1.34. The highest BCUT2D eigenvalue weighted by atomic mass is 32.2. The van der Waals surface area contributed by atoms with Gasteiger partial charge in [-0.3, -0.25) is 8.61 Å². The maximum absolute atomic E-state index is 12.9. The normalized spacial score (nSPS) is 16.1. The minimum atomic E-state index is -3.61. The van der Waals surface area contributed by atoms with E-state index in [0.29, 0.717) is 52.0 Å². The number of ether oxygens (including phenoxy) is 1. The van der Waals surface area contributed by atoms with Crippen molar-refractivity contribution in [2.45, 2.75) is 12.8 Å². The van der Waals surface area contributed by atoms with E-state index in [0.717, 1.165) is 12.8 Å². The number of nitriles is 2. The van der Waals surface area contributed by atoms with Crippen LogP contribution in [0.15, 0.2) is 54.7 Å². The molecule has 2 aromatic carbocycles. The number of nitrogens with zero attached hydrogens (tertiary/aromatic N) is 5. The summed E-state index contributed by atoms with van der Waals surface area (Å²) in [4.78, 5) is 3.93. The van der Waals surface area contributed by atoms with Gasteiger partial charge in [0.25, 0.3) is 0 Å². The summed E-state index contributed by atoms with van der Waals surface area (Å²) in [5.41, 5.74) is 3.24. The number of fused-ring (bicyclic) bond motifs is 1. The van der Waals surface area contributed by atoms with Crippen LogP contribution in [0, 0.1) is 28.6 Å². The number of pyridine rings is 1. The highest BCUT2D eigenvalue weighted by Crippen LogP contribution is 2.45. The molecular formula is C24H19N5O3S. The molecular weight excluding hydrogens is 438 g/mol. The maximum Gasteiger partial charge on any atom is 0.326 e. The van der Waals surface area contributed by atoms with E-state index in [1.807, 2.05) is 12.1 Å². The van der Waals surface area contributed by atoms with Crippen molar-refractivity contribution in [2.75, 3.05) is 22.2 Å². The van der Waals surface area contributed by atoms with E-state index in [1.165, 1.54) is 20.9 Å². The van der Waals surface area contributed by atoms with Crippen LogP contribution in [-0.4, -0.2) is 27.0 Å². The number of aromatic nitrogens is 1. The molecule has 0 amide bonds. The van der Waals surface area contributed by atoms with Crippen LogP contribution in [-0.2, 0) is 10.2 Å². The monoisotopic (exact) mass is 457 g/mol. The molecule has 0 N–H and O–H groups in total. The van der Waals surface area contributed by atoms with Crippen LogP contribution in [0.5, 0.6) is 11.5 Å². The second-order valence-electron chi connectivity index (χ2n) is 8.06. The van der Waals surface area contributed by atoms with Gasteiger partial charge in [-0.1, -0.05) is 6.07 Å². The molecule has 3 aromatic rings. The van der Waals surface area contributed by atoms with Gasteiger partial charge in [0.1, 0.15) is 23.3 Å². The molecule has 2 heterocycles. The molecule has 1 aliphatic heterocycles. The van der Waals surface area contributed by atoms with Crippen molar-refractivity contribution in [3.63, 3.8) is 0 Å². The fraction of sp³-hybridized carbons (Fsp3) is 0.208. The Balaban J connectivity index is 1.53. The van der Waals surface area contributed by atoms with Crippen LogP contribution in [0.25, 0.3) is 11.1 Å². The van der Waals surface area contributed by atoms with E-state index in [4.69, 9.17) is 10.00 Å². The lowest BCUT2D eigenvalue weighted by Gasteiger charge is -2.18. The summed E-state index contributed by atoms with van der Waals surface area (Å²) in [6.07, 6.45) is 3.59. The molecule has 2 aliphatic rings. The van der Waals surface area contributed by atoms with Crippen molar-refractivity contribution >= 4 is 21.6 Å². The molecule has 1 aromatic heterocycles. The zero-order chi connectivity index (χ0) is 23.2. The van der Waals surface area contributed by atoms with Crippen LogP contribution in [0.3, 0.4) is 0 Å². The topological polar surface area (TPSA) is 110 Å². The predicted octanol–water partition coefficient (Wildman–Crippen LogP) is 4.20. The van der Waals surface area contributed by atoms with Crippen molar-refractivity contribution in [3.05, 3.63) is 66.0 Å². The first kappa shape index (κ1) is 20.8. The molecule has 1 saturated carbocycles. The number of rotatable bonds is 5. The highest BCUT2D eigenvalue weighted by molar-refractivity contribution is 7.94. The number of hydrogen-bond donors (Lipinski definition) is 0. The third-order valence-corrected chi connectivity index (χ3v) is 7.62. The number of anilines is 2. The molecule has 5 rings (SSSR count). The summed E-state index contributed by atoms with van der Waals surface area (Å²) >= 11 is 0. The quantitative estimate of drug-likeness (QED) is 0.568. The molecule has 9 heteroatoms. The first-order chi connectivity index (χ1) is 15.9. The summed E-state index contributed by atoms with van der Waals surface area (Å²) in [7, 11) is -2.06. The molecule has 0 radical (unpaired) electrons. The van der Waals surface area contributed by atoms with Gasteiger partial charge in [-0.05, 0) is 60.7 Å². The Morgan fingerprint density at radius 2 is 1.82 bits per heavy atom. The summed E-state index contributed by atoms with van der Waals surface area (Å²) in [5, 5.41) is 18.7. The van der Waals surface area contributed by atoms with Gasteiger partial charge >= 0.3 is 10.2 Å². The smallest absolute Gasteiger partial charge is 0.326 e. The molecule has 0 unspecified atom stereocenters. The maximum atomic E-state index is 12.9. The van der Waals surface area contributed by atoms with Gasteiger partial charge in [-0.15, -0.1) is 0 Å². The third kappa shape index (κ3) is 3.73. The van der Waals surface area contributed by atoms with E-state index in [9.17, 15) is 13.7 Å². The van der Waals surface area contributed by atoms with E-state index >= 15 is 0 Å². The van der Waals surface area contributed by atoms with Crippen molar-refractivity contribution in [3.8, 4) is 34.8 Å². The predicted molar refractivity (Wildman–Crippen MR) is 123 cm³/mol. The van der Waals surface area contributed by atoms with Gasteiger partial charge in [0.2, 0.25) is 0 Å². The Morgan fingerprint density at radius 1 is 1.03 bits per heavy atom. The Hall–Kier alpha value is -4.08. The number of hydrogen-bond acceptors (Lipinski definition) is 6. The second kappa shape index (κ2) is 7.80. The van der Waals surface area contributed by atoms with Crippen molar-refractivity contribution in [1.29, 1.82) is 10.5 Å². The summed E-state index contributed by atoms with van der Waals surface area (Å²) < 4.78 is 34.5. The molecule has 33 heavy (non-hydrogen) atoms. The lowest BCUT2D eigenvalue weighted by molar-refractivity contribution is 0.482. The zero-order valence-electron chi connectivity index (χ0n) is 17.8. The molecule has 1 aliphatic carbocycles. The highest BCUT2D eigenvalue weighted by Gasteiger charge is 2.41. The van der Waals surface area contributed by atoms with E-state index in [2.05, 4.69) is 11.1 Å². The summed E-state index contributed by atoms with van der Waals surface area (Å²) in [6.45, 7) is 0.489. The van der Waals surface area contributed by atoms with Crippen LogP contribution in [0.2, 0.25) is 0 Å². The van der Waals surface area contributed by atoms with E-state index in [1.54, 1.807) is 43.4 Å². The summed E-state index contributed by atoms with van der Waals surface area (Å²) in [6, 6.07) is 17.8. The average Bonchev–Trinajstić information content (AvgIpc) is 3.63. The lowest BCUT2D eigenvalue weighted by Crippen LogP contribution is -2.36. The third-order valence-electron chi connectivity index (χ3n) is 5.83. The molecule has 164 valence electrons. The molecule has 0 spiro atoms. The Morgan fingerprint density at radius 3 is 2.55 bits per heavy atom. The second-order valence-corrected chi connectivity index (χ2v) is 9.95. The molecule has 8 nitrogen and oxygen atoms in total. The largest absolute Gasteiger partial charge is 0.457 e. The van der Waals surface area contributed by atoms with Gasteiger partial charge in [-0.25, -0.2) is 4.98 Å². The van der Waals surface area contributed by atoms with Crippen LogP contribution >= 0.6 is 0 Å². The minimum Gasteiger partial charge on any atom is -0.457 e. The van der Waals surface area contributed by atoms with Crippen molar-refractivity contribution in [1.82, 2.24) is 4.98 Å². The Labute approximate surface area is 192 Å². The lowest BCUT2D eigenvalue weighted by atomic mass is 9.99. The Kier molecular flexibility index (Phi) is 4.92. The van der Waals surface area contributed by atoms with Gasteiger partial charge < -0.3 is 4.74 Å². The van der Waals surface area contributed by atoms with Crippen LogP contribution < -0.4 is 13.3 Å². The van der Waals surface area contributed by atoms with E-state index in [-0.39, 0.29) is 5.69 Å². The zero-order valence-corrected chi connectivity index (χ0v) is 18.6. The minimum absolute atomic E-state index is 0.236. The van der Waals surface area contributed by atoms with Crippen LogP contribution in [0.1, 0.15) is 24.1 Å². The van der Waals surface area contributed by atoms with Gasteiger partial charge in [0, 0.05) is 31.4 Å². The molecule has 0 atom stereocenters. The standard InChI is InChI=1S/C24H19N5O3S/c1-28-24-10-17(5-7-23(24)29(33(28,30)31)15-16-2-3-16)22-12-20(6-4-18(22)13-25)32-21-8-9-27-19(11-21)14-26/h4-12,16H,2-3,15H2,1H3. The first-order valence-corrected chi connectivity index (χ1v) is 11.8. The van der Waals surface area contributed by atoms with Crippen molar-refractivity contribution in [2.24, 2.45) is 5.92 Å². The Bertz CT molecular complexity index is 1450. The van der Waals surface area contributed by atoms with Gasteiger partial charge in [0.05, 0.1) is 23.0 Å². The number of benzene rings is 2. The van der Waals surface area contributed by atoms with Gasteiger partial charge in [0.15, 0.2) is 0 Å². The van der Waals surface area contributed by atoms with Crippen molar-refractivity contribution < 1.29 is 13.2 Å². The molecule has 0 bridgehead atoms.